The van der Waals surface area contributed by atoms with E-state index in [1.165, 1.54) is 23.1 Å². The van der Waals surface area contributed by atoms with E-state index in [0.717, 1.165) is 34.9 Å². The van der Waals surface area contributed by atoms with Crippen molar-refractivity contribution >= 4 is 27.5 Å². The fraction of sp³-hybridized carbons (Fsp3) is 0.417. The van der Waals surface area contributed by atoms with Gasteiger partial charge in [0.15, 0.2) is 11.5 Å². The molecule has 5 nitrogen and oxygen atoms in total. The number of carbonyl (C=O) groups is 1. The summed E-state index contributed by atoms with van der Waals surface area (Å²) in [4.78, 5) is 17.3. The fourth-order valence-corrected chi connectivity index (χ4v) is 5.56. The van der Waals surface area contributed by atoms with Crippen LogP contribution in [0.3, 0.4) is 0 Å². The first-order valence-electron chi connectivity index (χ1n) is 10.7. The van der Waals surface area contributed by atoms with E-state index in [1.54, 1.807) is 11.3 Å². The van der Waals surface area contributed by atoms with Gasteiger partial charge in [-0.25, -0.2) is 4.98 Å². The topological polar surface area (TPSA) is 60.5 Å². The molecule has 1 aliphatic carbocycles. The molecule has 2 heterocycles. The van der Waals surface area contributed by atoms with Gasteiger partial charge in [0.1, 0.15) is 13.2 Å². The van der Waals surface area contributed by atoms with Crippen molar-refractivity contribution in [1.82, 2.24) is 10.3 Å². The van der Waals surface area contributed by atoms with Crippen LogP contribution < -0.4 is 14.8 Å². The zero-order valence-corrected chi connectivity index (χ0v) is 17.8. The molecule has 1 aliphatic heterocycles. The number of carbonyl (C=O) groups excluding carboxylic acids is 1. The van der Waals surface area contributed by atoms with E-state index in [9.17, 15) is 4.79 Å². The number of rotatable bonds is 6. The smallest absolute Gasteiger partial charge is 0.220 e. The van der Waals surface area contributed by atoms with Gasteiger partial charge in [-0.1, -0.05) is 31.0 Å². The molecular formula is C24H26N2O3S. The van der Waals surface area contributed by atoms with Crippen molar-refractivity contribution in [1.29, 1.82) is 0 Å². The Labute approximate surface area is 180 Å². The van der Waals surface area contributed by atoms with Crippen molar-refractivity contribution in [2.45, 2.75) is 43.9 Å². The van der Waals surface area contributed by atoms with Gasteiger partial charge in [0, 0.05) is 24.8 Å². The van der Waals surface area contributed by atoms with Gasteiger partial charge in [0.25, 0.3) is 0 Å². The van der Waals surface area contributed by atoms with Crippen LogP contribution in [0.25, 0.3) is 10.2 Å². The highest BCUT2D eigenvalue weighted by atomic mass is 32.1. The quantitative estimate of drug-likeness (QED) is 0.629. The predicted octanol–water partition coefficient (Wildman–Crippen LogP) is 4.63. The molecule has 6 heteroatoms. The molecule has 156 valence electrons. The maximum absolute atomic E-state index is 12.6. The molecule has 2 aromatic carbocycles. The first-order valence-corrected chi connectivity index (χ1v) is 11.5. The average Bonchev–Trinajstić information content (AvgIpc) is 3.43. The van der Waals surface area contributed by atoms with Crippen LogP contribution in [0.15, 0.2) is 42.5 Å². The van der Waals surface area contributed by atoms with Gasteiger partial charge >= 0.3 is 0 Å². The molecule has 30 heavy (non-hydrogen) atoms. The number of nitrogens with zero attached hydrogens (tertiary/aromatic N) is 1. The molecule has 1 fully saturated rings. The number of para-hydroxylation sites is 1. The van der Waals surface area contributed by atoms with E-state index in [1.807, 2.05) is 24.3 Å². The summed E-state index contributed by atoms with van der Waals surface area (Å²) in [6, 6.07) is 14.4. The Morgan fingerprint density at radius 3 is 2.70 bits per heavy atom. The van der Waals surface area contributed by atoms with Crippen molar-refractivity contribution in [3.8, 4) is 11.5 Å². The molecule has 3 aromatic rings. The summed E-state index contributed by atoms with van der Waals surface area (Å²) in [5, 5.41) is 4.24. The molecule has 1 N–H and O–H groups in total. The van der Waals surface area contributed by atoms with Crippen molar-refractivity contribution in [3.05, 3.63) is 53.0 Å². The lowest BCUT2D eigenvalue weighted by Gasteiger charge is -2.31. The number of fused-ring (bicyclic) bond motifs is 2. The second-order valence-electron chi connectivity index (χ2n) is 8.20. The zero-order valence-electron chi connectivity index (χ0n) is 17.0. The first-order chi connectivity index (χ1) is 14.7. The summed E-state index contributed by atoms with van der Waals surface area (Å²) < 4.78 is 12.6. The van der Waals surface area contributed by atoms with Gasteiger partial charge in [-0.2, -0.15) is 0 Å². The lowest BCUT2D eigenvalue weighted by atomic mass is 9.78. The van der Waals surface area contributed by atoms with Crippen LogP contribution in [0.5, 0.6) is 11.5 Å². The van der Waals surface area contributed by atoms with E-state index in [0.29, 0.717) is 32.6 Å². The highest BCUT2D eigenvalue weighted by Gasteiger charge is 2.36. The van der Waals surface area contributed by atoms with Crippen molar-refractivity contribution < 1.29 is 14.3 Å². The molecule has 0 radical (unpaired) electrons. The standard InChI is InChI=1S/C24H26N2O3S/c27-22(9-10-23-26-18-5-1-2-6-21(18)30-23)25-16-24(11-3-4-12-24)17-7-8-19-20(15-17)29-14-13-28-19/h1-2,5-8,15H,3-4,9-14,16H2,(H,25,27). The maximum atomic E-state index is 12.6. The number of nitrogens with one attached hydrogen (secondary N) is 1. The van der Waals surface area contributed by atoms with Gasteiger partial charge in [-0.15, -0.1) is 11.3 Å². The minimum Gasteiger partial charge on any atom is -0.486 e. The minimum absolute atomic E-state index is 0.0125. The van der Waals surface area contributed by atoms with Crippen molar-refractivity contribution in [2.24, 2.45) is 0 Å². The summed E-state index contributed by atoms with van der Waals surface area (Å²) in [6.45, 7) is 1.86. The Bertz CT molecular complexity index is 1020. The molecule has 5 rings (SSSR count). The third kappa shape index (κ3) is 3.88. The van der Waals surface area contributed by atoms with E-state index in [-0.39, 0.29) is 11.3 Å². The van der Waals surface area contributed by atoms with Gasteiger partial charge in [0.05, 0.1) is 15.2 Å². The molecule has 0 bridgehead atoms. The number of hydrogen-bond donors (Lipinski definition) is 1. The third-order valence-electron chi connectivity index (χ3n) is 6.24. The second-order valence-corrected chi connectivity index (χ2v) is 9.31. The van der Waals surface area contributed by atoms with Crippen LogP contribution in [0, 0.1) is 0 Å². The van der Waals surface area contributed by atoms with Crippen LogP contribution in [-0.4, -0.2) is 30.6 Å². The fourth-order valence-electron chi connectivity index (χ4n) is 4.60. The van der Waals surface area contributed by atoms with Crippen LogP contribution in [-0.2, 0) is 16.6 Å². The van der Waals surface area contributed by atoms with Gasteiger partial charge in [-0.05, 0) is 42.7 Å². The van der Waals surface area contributed by atoms with Crippen LogP contribution in [0.1, 0.15) is 42.7 Å². The largest absolute Gasteiger partial charge is 0.486 e. The number of ether oxygens (including phenoxy) is 2. The number of thiazole rings is 1. The number of aryl methyl sites for hydroxylation is 1. The molecular weight excluding hydrogens is 396 g/mol. The van der Waals surface area contributed by atoms with E-state index >= 15 is 0 Å². The molecule has 1 saturated carbocycles. The molecule has 0 atom stereocenters. The summed E-state index contributed by atoms with van der Waals surface area (Å²) in [6.07, 6.45) is 5.71. The minimum atomic E-state index is -0.0125. The van der Waals surface area contributed by atoms with Crippen LogP contribution in [0.4, 0.5) is 0 Å². The number of amides is 1. The summed E-state index contributed by atoms with van der Waals surface area (Å²) in [5.41, 5.74) is 2.25. The summed E-state index contributed by atoms with van der Waals surface area (Å²) in [7, 11) is 0. The summed E-state index contributed by atoms with van der Waals surface area (Å²) in [5.74, 6) is 1.74. The molecule has 0 saturated heterocycles. The van der Waals surface area contributed by atoms with Gasteiger partial charge in [0.2, 0.25) is 5.91 Å². The Morgan fingerprint density at radius 2 is 1.87 bits per heavy atom. The molecule has 0 unspecified atom stereocenters. The Kier molecular flexibility index (Phi) is 5.34. The number of hydrogen-bond acceptors (Lipinski definition) is 5. The highest BCUT2D eigenvalue weighted by Crippen LogP contribution is 2.43. The monoisotopic (exact) mass is 422 g/mol. The second kappa shape index (κ2) is 8.26. The zero-order chi connectivity index (χ0) is 20.4. The molecule has 1 aromatic heterocycles. The normalized spacial score (nSPS) is 17.2. The average molecular weight is 423 g/mol. The first kappa shape index (κ1) is 19.4. The van der Waals surface area contributed by atoms with Crippen LogP contribution in [0.2, 0.25) is 0 Å². The van der Waals surface area contributed by atoms with E-state index in [2.05, 4.69) is 28.5 Å². The lowest BCUT2D eigenvalue weighted by Crippen LogP contribution is -2.39. The molecule has 2 aliphatic rings. The SMILES string of the molecule is O=C(CCc1nc2ccccc2s1)NCC1(c2ccc3c(c2)OCCO3)CCCC1. The Hall–Kier alpha value is -2.60. The van der Waals surface area contributed by atoms with Crippen LogP contribution >= 0.6 is 11.3 Å². The Balaban J connectivity index is 1.23. The van der Waals surface area contributed by atoms with E-state index < -0.39 is 0 Å². The van der Waals surface area contributed by atoms with Gasteiger partial charge in [-0.3, -0.25) is 4.79 Å². The Morgan fingerprint density at radius 1 is 1.07 bits per heavy atom. The maximum Gasteiger partial charge on any atom is 0.220 e. The third-order valence-corrected chi connectivity index (χ3v) is 7.34. The predicted molar refractivity (Wildman–Crippen MR) is 119 cm³/mol. The molecule has 0 spiro atoms. The summed E-state index contributed by atoms with van der Waals surface area (Å²) >= 11 is 1.67. The van der Waals surface area contributed by atoms with E-state index in [4.69, 9.17) is 9.47 Å². The highest BCUT2D eigenvalue weighted by molar-refractivity contribution is 7.18. The number of aromatic nitrogens is 1. The molecule has 1 amide bonds. The van der Waals surface area contributed by atoms with Crippen molar-refractivity contribution in [3.63, 3.8) is 0 Å². The number of benzene rings is 2. The van der Waals surface area contributed by atoms with Crippen molar-refractivity contribution in [2.75, 3.05) is 19.8 Å². The van der Waals surface area contributed by atoms with Gasteiger partial charge < -0.3 is 14.8 Å². The lowest BCUT2D eigenvalue weighted by molar-refractivity contribution is -0.121.